The summed E-state index contributed by atoms with van der Waals surface area (Å²) in [5.74, 6) is 0.607. The van der Waals surface area contributed by atoms with Crippen molar-refractivity contribution in [3.05, 3.63) is 28.5 Å². The molecule has 2 nitrogen and oxygen atoms in total. The van der Waals surface area contributed by atoms with Gasteiger partial charge in [0.05, 0.1) is 0 Å². The van der Waals surface area contributed by atoms with Crippen LogP contribution in [0.1, 0.15) is 40.2 Å². The highest BCUT2D eigenvalue weighted by Crippen LogP contribution is 2.29. The van der Waals surface area contributed by atoms with E-state index in [9.17, 15) is 0 Å². The molecule has 0 spiro atoms. The van der Waals surface area contributed by atoms with Gasteiger partial charge in [-0.3, -0.25) is 4.98 Å². The Kier molecular flexibility index (Phi) is 5.80. The molecular formula is C15H25BrN2. The first kappa shape index (κ1) is 15.6. The van der Waals surface area contributed by atoms with Gasteiger partial charge in [-0.05, 0) is 51.9 Å². The van der Waals surface area contributed by atoms with Gasteiger partial charge in [-0.2, -0.15) is 0 Å². The number of hydrogen-bond donors (Lipinski definition) is 1. The molecule has 3 heteroatoms. The molecule has 18 heavy (non-hydrogen) atoms. The summed E-state index contributed by atoms with van der Waals surface area (Å²) in [4.78, 5) is 4.25. The van der Waals surface area contributed by atoms with Crippen molar-refractivity contribution < 1.29 is 0 Å². The topological polar surface area (TPSA) is 24.9 Å². The fourth-order valence-corrected chi connectivity index (χ4v) is 2.33. The molecule has 1 aromatic rings. The van der Waals surface area contributed by atoms with Crippen molar-refractivity contribution in [2.75, 3.05) is 6.54 Å². The Balaban J connectivity index is 2.72. The van der Waals surface area contributed by atoms with Crippen LogP contribution in [0, 0.1) is 11.3 Å². The van der Waals surface area contributed by atoms with Gasteiger partial charge in [0.1, 0.15) is 0 Å². The van der Waals surface area contributed by atoms with Gasteiger partial charge in [-0.25, -0.2) is 0 Å². The molecule has 1 heterocycles. The maximum Gasteiger partial charge on any atom is 0.0410 e. The van der Waals surface area contributed by atoms with Gasteiger partial charge in [0.15, 0.2) is 0 Å². The van der Waals surface area contributed by atoms with Crippen molar-refractivity contribution in [1.82, 2.24) is 10.3 Å². The molecule has 0 bridgehead atoms. The molecule has 0 saturated carbocycles. The Bertz CT molecular complexity index is 369. The van der Waals surface area contributed by atoms with E-state index in [1.807, 2.05) is 12.4 Å². The molecule has 1 rings (SSSR count). The second kappa shape index (κ2) is 6.67. The van der Waals surface area contributed by atoms with Gasteiger partial charge in [-0.1, -0.05) is 34.6 Å². The highest BCUT2D eigenvalue weighted by Gasteiger charge is 2.24. The molecule has 0 aromatic carbocycles. The molecule has 0 aliphatic carbocycles. The van der Waals surface area contributed by atoms with Gasteiger partial charge < -0.3 is 5.32 Å². The number of nitrogens with one attached hydrogen (secondary N) is 1. The summed E-state index contributed by atoms with van der Waals surface area (Å²) in [7, 11) is 0. The predicted molar refractivity (Wildman–Crippen MR) is 81.7 cm³/mol. The van der Waals surface area contributed by atoms with Crippen LogP contribution >= 0.6 is 15.9 Å². The summed E-state index contributed by atoms with van der Waals surface area (Å²) in [5, 5.41) is 3.55. The van der Waals surface area contributed by atoms with Crippen molar-refractivity contribution in [3.63, 3.8) is 0 Å². The third kappa shape index (κ3) is 5.49. The third-order valence-electron chi connectivity index (χ3n) is 3.24. The Morgan fingerprint density at radius 2 is 1.94 bits per heavy atom. The normalized spacial score (nSPS) is 13.9. The van der Waals surface area contributed by atoms with Crippen LogP contribution in [0.4, 0.5) is 0 Å². The van der Waals surface area contributed by atoms with E-state index in [1.165, 1.54) is 5.56 Å². The molecule has 1 atom stereocenters. The lowest BCUT2D eigenvalue weighted by Gasteiger charge is -2.32. The van der Waals surface area contributed by atoms with Crippen LogP contribution in [0.5, 0.6) is 0 Å². The standard InChI is InChI=1S/C15H25BrN2/c1-11(2)18-9-13(15(3,4)5)6-12-7-14(16)10-17-8-12/h7-8,10-11,13,18H,6,9H2,1-5H3. The van der Waals surface area contributed by atoms with Gasteiger partial charge in [0.25, 0.3) is 0 Å². The third-order valence-corrected chi connectivity index (χ3v) is 3.67. The summed E-state index contributed by atoms with van der Waals surface area (Å²) in [6.45, 7) is 12.4. The zero-order valence-electron chi connectivity index (χ0n) is 12.1. The summed E-state index contributed by atoms with van der Waals surface area (Å²) in [6.07, 6.45) is 4.87. The Hall–Kier alpha value is -0.410. The van der Waals surface area contributed by atoms with Crippen molar-refractivity contribution >= 4 is 15.9 Å². The van der Waals surface area contributed by atoms with Crippen LogP contribution < -0.4 is 5.32 Å². The number of hydrogen-bond acceptors (Lipinski definition) is 2. The van der Waals surface area contributed by atoms with Crippen LogP contribution in [0.25, 0.3) is 0 Å². The lowest BCUT2D eigenvalue weighted by Crippen LogP contribution is -2.36. The molecule has 0 aliphatic rings. The van der Waals surface area contributed by atoms with Gasteiger partial charge in [0.2, 0.25) is 0 Å². The second-order valence-electron chi connectivity index (χ2n) is 6.34. The van der Waals surface area contributed by atoms with Gasteiger partial charge >= 0.3 is 0 Å². The van der Waals surface area contributed by atoms with E-state index in [0.717, 1.165) is 17.4 Å². The monoisotopic (exact) mass is 312 g/mol. The SMILES string of the molecule is CC(C)NCC(Cc1cncc(Br)c1)C(C)(C)C. The van der Waals surface area contributed by atoms with Crippen molar-refractivity contribution in [1.29, 1.82) is 0 Å². The van der Waals surface area contributed by atoms with E-state index in [0.29, 0.717) is 17.4 Å². The van der Waals surface area contributed by atoms with Crippen LogP contribution in [0.15, 0.2) is 22.9 Å². The van der Waals surface area contributed by atoms with Crippen LogP contribution in [-0.2, 0) is 6.42 Å². The largest absolute Gasteiger partial charge is 0.314 e. The van der Waals surface area contributed by atoms with Crippen molar-refractivity contribution in [2.24, 2.45) is 11.3 Å². The zero-order chi connectivity index (χ0) is 13.8. The highest BCUT2D eigenvalue weighted by atomic mass is 79.9. The van der Waals surface area contributed by atoms with E-state index < -0.39 is 0 Å². The molecular weight excluding hydrogens is 288 g/mol. The molecule has 0 saturated heterocycles. The van der Waals surface area contributed by atoms with E-state index in [4.69, 9.17) is 0 Å². The molecule has 0 fully saturated rings. The van der Waals surface area contributed by atoms with Crippen LogP contribution in [0.2, 0.25) is 0 Å². The average molecular weight is 313 g/mol. The Labute approximate surface area is 120 Å². The molecule has 1 unspecified atom stereocenters. The number of rotatable bonds is 5. The van der Waals surface area contributed by atoms with Crippen molar-refractivity contribution in [2.45, 2.75) is 47.1 Å². The second-order valence-corrected chi connectivity index (χ2v) is 7.26. The van der Waals surface area contributed by atoms with Crippen LogP contribution in [-0.4, -0.2) is 17.6 Å². The number of aromatic nitrogens is 1. The number of pyridine rings is 1. The number of halogens is 1. The minimum absolute atomic E-state index is 0.296. The zero-order valence-corrected chi connectivity index (χ0v) is 13.7. The first-order valence-electron chi connectivity index (χ1n) is 6.62. The summed E-state index contributed by atoms with van der Waals surface area (Å²) in [5.41, 5.74) is 1.60. The summed E-state index contributed by atoms with van der Waals surface area (Å²) in [6, 6.07) is 2.71. The van der Waals surface area contributed by atoms with Gasteiger partial charge in [0, 0.05) is 22.9 Å². The molecule has 0 radical (unpaired) electrons. The maximum absolute atomic E-state index is 4.25. The minimum atomic E-state index is 0.296. The molecule has 1 aromatic heterocycles. The first-order chi connectivity index (χ1) is 8.29. The minimum Gasteiger partial charge on any atom is -0.314 e. The smallest absolute Gasteiger partial charge is 0.0410 e. The Morgan fingerprint density at radius 3 is 2.44 bits per heavy atom. The highest BCUT2D eigenvalue weighted by molar-refractivity contribution is 9.10. The fourth-order valence-electron chi connectivity index (χ4n) is 1.91. The molecule has 1 N–H and O–H groups in total. The lowest BCUT2D eigenvalue weighted by molar-refractivity contribution is 0.226. The lowest BCUT2D eigenvalue weighted by atomic mass is 9.77. The average Bonchev–Trinajstić information content (AvgIpc) is 2.22. The van der Waals surface area contributed by atoms with Gasteiger partial charge in [-0.15, -0.1) is 0 Å². The maximum atomic E-state index is 4.25. The van der Waals surface area contributed by atoms with E-state index >= 15 is 0 Å². The Morgan fingerprint density at radius 1 is 1.28 bits per heavy atom. The van der Waals surface area contributed by atoms with E-state index in [1.54, 1.807) is 0 Å². The van der Waals surface area contributed by atoms with Crippen molar-refractivity contribution in [3.8, 4) is 0 Å². The molecule has 0 aliphatic heterocycles. The van der Waals surface area contributed by atoms with E-state index in [-0.39, 0.29) is 0 Å². The van der Waals surface area contributed by atoms with Crippen LogP contribution in [0.3, 0.4) is 0 Å². The predicted octanol–water partition coefficient (Wildman–Crippen LogP) is 4.05. The summed E-state index contributed by atoms with van der Waals surface area (Å²) < 4.78 is 1.06. The molecule has 0 amide bonds. The number of nitrogens with zero attached hydrogens (tertiary/aromatic N) is 1. The quantitative estimate of drug-likeness (QED) is 0.887. The summed E-state index contributed by atoms with van der Waals surface area (Å²) >= 11 is 3.49. The van der Waals surface area contributed by atoms with E-state index in [2.05, 4.69) is 66.9 Å². The fraction of sp³-hybridized carbons (Fsp3) is 0.667. The molecule has 102 valence electrons. The first-order valence-corrected chi connectivity index (χ1v) is 7.41.